The molecule has 1 saturated carbocycles. The number of rotatable bonds is 5. The largest absolute Gasteiger partial charge is 0.307 e. The van der Waals surface area contributed by atoms with E-state index in [-0.39, 0.29) is 0 Å². The van der Waals surface area contributed by atoms with Crippen molar-refractivity contribution in [2.45, 2.75) is 58.0 Å². The van der Waals surface area contributed by atoms with Gasteiger partial charge in [0.2, 0.25) is 0 Å². The van der Waals surface area contributed by atoms with E-state index in [0.29, 0.717) is 22.1 Å². The minimum atomic E-state index is 0.366. The molecular formula is C16H23Cl2N. The third-order valence-corrected chi connectivity index (χ3v) is 5.06. The Hall–Kier alpha value is -0.240. The molecule has 1 N–H and O–H groups in total. The topological polar surface area (TPSA) is 12.0 Å². The lowest BCUT2D eigenvalue weighted by Gasteiger charge is -2.27. The zero-order valence-corrected chi connectivity index (χ0v) is 13.3. The monoisotopic (exact) mass is 299 g/mol. The van der Waals surface area contributed by atoms with Crippen LogP contribution in [0.3, 0.4) is 0 Å². The molecule has 0 heterocycles. The SMILES string of the molecule is CCC(NC(C)C1CCCC1)c1ccc(Cl)c(Cl)c1. The van der Waals surface area contributed by atoms with Crippen LogP contribution in [-0.2, 0) is 0 Å². The van der Waals surface area contributed by atoms with Crippen molar-refractivity contribution in [3.63, 3.8) is 0 Å². The van der Waals surface area contributed by atoms with E-state index in [2.05, 4.69) is 25.2 Å². The van der Waals surface area contributed by atoms with E-state index in [9.17, 15) is 0 Å². The van der Waals surface area contributed by atoms with Gasteiger partial charge in [0.05, 0.1) is 10.0 Å². The molecule has 2 unspecified atom stereocenters. The summed E-state index contributed by atoms with van der Waals surface area (Å²) in [5.41, 5.74) is 1.24. The van der Waals surface area contributed by atoms with Gasteiger partial charge in [-0.15, -0.1) is 0 Å². The molecule has 1 aliphatic carbocycles. The van der Waals surface area contributed by atoms with Gasteiger partial charge in [0.1, 0.15) is 0 Å². The first-order chi connectivity index (χ1) is 9.11. The zero-order valence-electron chi connectivity index (χ0n) is 11.8. The van der Waals surface area contributed by atoms with Gasteiger partial charge in [0.15, 0.2) is 0 Å². The summed E-state index contributed by atoms with van der Waals surface area (Å²) in [6.45, 7) is 4.53. The third kappa shape index (κ3) is 3.87. The Kier molecular flexibility index (Phi) is 5.56. The summed E-state index contributed by atoms with van der Waals surface area (Å²) in [6.07, 6.45) is 6.58. The number of hydrogen-bond donors (Lipinski definition) is 1. The Bertz CT molecular complexity index is 413. The molecule has 0 aromatic heterocycles. The normalized spacial score (nSPS) is 19.6. The van der Waals surface area contributed by atoms with Gasteiger partial charge in [-0.1, -0.05) is 49.0 Å². The van der Waals surface area contributed by atoms with E-state index < -0.39 is 0 Å². The van der Waals surface area contributed by atoms with Crippen molar-refractivity contribution < 1.29 is 0 Å². The number of benzene rings is 1. The summed E-state index contributed by atoms with van der Waals surface area (Å²) in [4.78, 5) is 0. The molecule has 0 amide bonds. The first-order valence-corrected chi connectivity index (χ1v) is 8.08. The van der Waals surface area contributed by atoms with Crippen molar-refractivity contribution in [3.8, 4) is 0 Å². The molecule has 3 heteroatoms. The van der Waals surface area contributed by atoms with Gasteiger partial charge in [-0.2, -0.15) is 0 Å². The predicted molar refractivity (Wildman–Crippen MR) is 84.0 cm³/mol. The lowest BCUT2D eigenvalue weighted by atomic mass is 9.96. The molecule has 106 valence electrons. The Balaban J connectivity index is 2.04. The lowest BCUT2D eigenvalue weighted by molar-refractivity contribution is 0.339. The van der Waals surface area contributed by atoms with E-state index in [1.807, 2.05) is 12.1 Å². The van der Waals surface area contributed by atoms with E-state index >= 15 is 0 Å². The van der Waals surface area contributed by atoms with Gasteiger partial charge in [0.25, 0.3) is 0 Å². The van der Waals surface area contributed by atoms with Crippen LogP contribution in [0.5, 0.6) is 0 Å². The predicted octanol–water partition coefficient (Wildman–Crippen LogP) is 5.61. The summed E-state index contributed by atoms with van der Waals surface area (Å²) in [5, 5.41) is 5.04. The van der Waals surface area contributed by atoms with Crippen molar-refractivity contribution >= 4 is 23.2 Å². The van der Waals surface area contributed by atoms with Gasteiger partial charge in [-0.25, -0.2) is 0 Å². The van der Waals surface area contributed by atoms with Crippen LogP contribution in [-0.4, -0.2) is 6.04 Å². The summed E-state index contributed by atoms with van der Waals surface area (Å²) in [6, 6.07) is 6.90. The van der Waals surface area contributed by atoms with Crippen LogP contribution in [0.2, 0.25) is 10.0 Å². The highest BCUT2D eigenvalue weighted by atomic mass is 35.5. The molecule has 1 aromatic carbocycles. The van der Waals surface area contributed by atoms with E-state index in [0.717, 1.165) is 12.3 Å². The van der Waals surface area contributed by atoms with E-state index in [4.69, 9.17) is 23.2 Å². The van der Waals surface area contributed by atoms with Crippen molar-refractivity contribution in [2.24, 2.45) is 5.92 Å². The molecule has 1 fully saturated rings. The van der Waals surface area contributed by atoms with Crippen molar-refractivity contribution in [2.75, 3.05) is 0 Å². The minimum Gasteiger partial charge on any atom is -0.307 e. The van der Waals surface area contributed by atoms with Crippen molar-refractivity contribution in [3.05, 3.63) is 33.8 Å². The van der Waals surface area contributed by atoms with Crippen LogP contribution >= 0.6 is 23.2 Å². The first-order valence-electron chi connectivity index (χ1n) is 7.32. The summed E-state index contributed by atoms with van der Waals surface area (Å²) < 4.78 is 0. The fourth-order valence-corrected chi connectivity index (χ4v) is 3.40. The maximum absolute atomic E-state index is 6.12. The van der Waals surface area contributed by atoms with Gasteiger partial charge in [-0.05, 0) is 49.8 Å². The molecule has 0 aliphatic heterocycles. The number of hydrogen-bond acceptors (Lipinski definition) is 1. The molecule has 0 bridgehead atoms. The van der Waals surface area contributed by atoms with Crippen molar-refractivity contribution in [1.82, 2.24) is 5.32 Å². The van der Waals surface area contributed by atoms with Crippen LogP contribution in [0, 0.1) is 5.92 Å². The minimum absolute atomic E-state index is 0.366. The van der Waals surface area contributed by atoms with Crippen LogP contribution in [0.1, 0.15) is 57.6 Å². The highest BCUT2D eigenvalue weighted by molar-refractivity contribution is 6.42. The molecule has 0 radical (unpaired) electrons. The Morgan fingerprint density at radius 1 is 1.21 bits per heavy atom. The molecule has 19 heavy (non-hydrogen) atoms. The van der Waals surface area contributed by atoms with Gasteiger partial charge in [-0.3, -0.25) is 0 Å². The highest BCUT2D eigenvalue weighted by Crippen LogP contribution is 2.31. The Morgan fingerprint density at radius 2 is 1.89 bits per heavy atom. The molecule has 2 rings (SSSR count). The van der Waals surface area contributed by atoms with Gasteiger partial charge >= 0.3 is 0 Å². The maximum atomic E-state index is 6.12. The molecule has 0 saturated heterocycles. The molecular weight excluding hydrogens is 277 g/mol. The summed E-state index contributed by atoms with van der Waals surface area (Å²) in [7, 11) is 0. The highest BCUT2D eigenvalue weighted by Gasteiger charge is 2.23. The molecule has 1 aliphatic rings. The maximum Gasteiger partial charge on any atom is 0.0595 e. The fourth-order valence-electron chi connectivity index (χ4n) is 3.09. The third-order valence-electron chi connectivity index (χ3n) is 4.33. The number of nitrogens with one attached hydrogen (secondary N) is 1. The van der Waals surface area contributed by atoms with E-state index in [1.54, 1.807) is 0 Å². The average Bonchev–Trinajstić information content (AvgIpc) is 2.93. The Morgan fingerprint density at radius 3 is 2.47 bits per heavy atom. The summed E-state index contributed by atoms with van der Waals surface area (Å²) >= 11 is 12.1. The second-order valence-corrected chi connectivity index (χ2v) is 6.45. The van der Waals surface area contributed by atoms with Gasteiger partial charge < -0.3 is 5.32 Å². The second kappa shape index (κ2) is 6.97. The standard InChI is InChI=1S/C16H23Cl2N/c1-3-16(13-8-9-14(17)15(18)10-13)19-11(2)12-6-4-5-7-12/h8-12,16,19H,3-7H2,1-2H3. The lowest BCUT2D eigenvalue weighted by Crippen LogP contribution is -2.35. The Labute approximate surface area is 126 Å². The van der Waals surface area contributed by atoms with Crippen LogP contribution in [0.15, 0.2) is 18.2 Å². The number of halogens is 2. The fraction of sp³-hybridized carbons (Fsp3) is 0.625. The van der Waals surface area contributed by atoms with Gasteiger partial charge in [0, 0.05) is 12.1 Å². The molecule has 1 aromatic rings. The average molecular weight is 300 g/mol. The summed E-state index contributed by atoms with van der Waals surface area (Å²) in [5.74, 6) is 0.830. The van der Waals surface area contributed by atoms with Crippen LogP contribution in [0.25, 0.3) is 0 Å². The quantitative estimate of drug-likeness (QED) is 0.745. The molecule has 1 nitrogen and oxygen atoms in total. The molecule has 2 atom stereocenters. The zero-order chi connectivity index (χ0) is 13.8. The van der Waals surface area contributed by atoms with Crippen molar-refractivity contribution in [1.29, 1.82) is 0 Å². The first kappa shape index (κ1) is 15.2. The van der Waals surface area contributed by atoms with Crippen LogP contribution in [0.4, 0.5) is 0 Å². The van der Waals surface area contributed by atoms with E-state index in [1.165, 1.54) is 31.2 Å². The van der Waals surface area contributed by atoms with Crippen LogP contribution < -0.4 is 5.32 Å². The second-order valence-electron chi connectivity index (χ2n) is 5.63. The molecule has 0 spiro atoms. The smallest absolute Gasteiger partial charge is 0.0595 e.